The first kappa shape index (κ1) is 19.3. The molecule has 7 heteroatoms. The van der Waals surface area contributed by atoms with Crippen LogP contribution in [-0.2, 0) is 0 Å². The number of hydrogen-bond acceptors (Lipinski definition) is 5. The zero-order valence-corrected chi connectivity index (χ0v) is 16.1. The predicted molar refractivity (Wildman–Crippen MR) is 103 cm³/mol. The molecule has 124 valence electrons. The van der Waals surface area contributed by atoms with Crippen LogP contribution in [0.4, 0.5) is 0 Å². The molecule has 0 heterocycles. The van der Waals surface area contributed by atoms with Crippen LogP contribution < -0.4 is 0 Å². The van der Waals surface area contributed by atoms with Gasteiger partial charge in [-0.15, -0.1) is 23.5 Å². The molecule has 0 fully saturated rings. The van der Waals surface area contributed by atoms with Gasteiger partial charge in [-0.05, 0) is 36.4 Å². The topological polar surface area (TPSA) is 40.5 Å². The van der Waals surface area contributed by atoms with Gasteiger partial charge in [0.15, 0.2) is 0 Å². The quantitative estimate of drug-likeness (QED) is 0.580. The summed E-state index contributed by atoms with van der Waals surface area (Å²) in [7, 11) is 0. The lowest BCUT2D eigenvalue weighted by molar-refractivity contribution is 0.322. The first-order chi connectivity index (χ1) is 11.1. The third-order valence-electron chi connectivity index (χ3n) is 2.74. The number of benzene rings is 2. The number of rotatable bonds is 8. The van der Waals surface area contributed by atoms with Crippen LogP contribution >= 0.6 is 58.5 Å². The predicted octanol–water partition coefficient (Wildman–Crippen LogP) is 5.31. The lowest BCUT2D eigenvalue weighted by Crippen LogP contribution is -1.87. The van der Waals surface area contributed by atoms with Gasteiger partial charge in [0, 0.05) is 31.1 Å². The zero-order valence-electron chi connectivity index (χ0n) is 12.2. The van der Waals surface area contributed by atoms with Crippen molar-refractivity contribution in [2.45, 2.75) is 19.6 Å². The summed E-state index contributed by atoms with van der Waals surface area (Å²) < 4.78 is 0. The van der Waals surface area contributed by atoms with Gasteiger partial charge in [0.1, 0.15) is 0 Å². The molecule has 2 aromatic carbocycles. The minimum atomic E-state index is 0.136. The first-order valence-electron chi connectivity index (χ1n) is 6.88. The van der Waals surface area contributed by atoms with Crippen LogP contribution in [0.15, 0.2) is 56.0 Å². The fraction of sp³-hybridized carbons (Fsp3) is 0.250. The molecule has 0 aliphatic rings. The van der Waals surface area contributed by atoms with E-state index in [0.29, 0.717) is 21.6 Å². The van der Waals surface area contributed by atoms with Crippen LogP contribution in [-0.4, -0.2) is 34.9 Å². The molecule has 0 saturated carbocycles. The highest BCUT2D eigenvalue weighted by Crippen LogP contribution is 2.37. The van der Waals surface area contributed by atoms with E-state index in [0.717, 1.165) is 19.6 Å². The number of hydrogen-bond donors (Lipinski definition) is 2. The molecule has 0 saturated heterocycles. The third kappa shape index (κ3) is 6.09. The number of aliphatic hydroxyl groups excluding tert-OH is 2. The average Bonchev–Trinajstić information content (AvgIpc) is 2.53. The van der Waals surface area contributed by atoms with Gasteiger partial charge in [0.2, 0.25) is 0 Å². The minimum Gasteiger partial charge on any atom is -0.396 e. The highest BCUT2D eigenvalue weighted by Gasteiger charge is 2.07. The van der Waals surface area contributed by atoms with Crippen molar-refractivity contribution >= 4 is 58.5 Å². The smallest absolute Gasteiger partial charge is 0.0553 e. The fourth-order valence-corrected chi connectivity index (χ4v) is 4.83. The van der Waals surface area contributed by atoms with E-state index in [4.69, 9.17) is 33.4 Å². The van der Waals surface area contributed by atoms with Gasteiger partial charge in [-0.1, -0.05) is 35.0 Å². The largest absolute Gasteiger partial charge is 0.396 e. The minimum absolute atomic E-state index is 0.136. The molecule has 0 unspecified atom stereocenters. The van der Waals surface area contributed by atoms with Gasteiger partial charge in [-0.2, -0.15) is 0 Å². The highest BCUT2D eigenvalue weighted by atomic mass is 35.5. The average molecular weight is 407 g/mol. The van der Waals surface area contributed by atoms with Crippen LogP contribution in [0.1, 0.15) is 0 Å². The van der Waals surface area contributed by atoms with Gasteiger partial charge >= 0.3 is 0 Å². The van der Waals surface area contributed by atoms with Crippen LogP contribution in [0.2, 0.25) is 10.0 Å². The summed E-state index contributed by atoms with van der Waals surface area (Å²) in [6.07, 6.45) is 0. The summed E-state index contributed by atoms with van der Waals surface area (Å²) in [5.74, 6) is 1.27. The van der Waals surface area contributed by atoms with E-state index in [2.05, 4.69) is 0 Å². The van der Waals surface area contributed by atoms with Crippen molar-refractivity contribution < 1.29 is 10.2 Å². The molecule has 0 amide bonds. The summed E-state index contributed by atoms with van der Waals surface area (Å²) in [6, 6.07) is 11.8. The Morgan fingerprint density at radius 2 is 1.17 bits per heavy atom. The molecule has 0 atom stereocenters. The normalized spacial score (nSPS) is 11.0. The Labute approximate surface area is 159 Å². The molecular formula is C16H16Cl2O2S3. The van der Waals surface area contributed by atoms with Crippen molar-refractivity contribution in [1.29, 1.82) is 0 Å². The van der Waals surface area contributed by atoms with Gasteiger partial charge < -0.3 is 10.2 Å². The van der Waals surface area contributed by atoms with Crippen molar-refractivity contribution in [2.75, 3.05) is 24.7 Å². The second-order valence-corrected chi connectivity index (χ2v) is 8.67. The molecule has 0 radical (unpaired) electrons. The van der Waals surface area contributed by atoms with Crippen LogP contribution in [0.5, 0.6) is 0 Å². The summed E-state index contributed by atoms with van der Waals surface area (Å²) in [5.41, 5.74) is 0. The molecule has 23 heavy (non-hydrogen) atoms. The van der Waals surface area contributed by atoms with Crippen LogP contribution in [0.25, 0.3) is 0 Å². The Bertz CT molecular complexity index is 598. The number of aliphatic hydroxyl groups is 2. The lowest BCUT2D eigenvalue weighted by Gasteiger charge is -2.08. The lowest BCUT2D eigenvalue weighted by atomic mass is 10.3. The van der Waals surface area contributed by atoms with Crippen LogP contribution in [0.3, 0.4) is 0 Å². The van der Waals surface area contributed by atoms with E-state index in [9.17, 15) is 0 Å². The van der Waals surface area contributed by atoms with Crippen molar-refractivity contribution in [3.63, 3.8) is 0 Å². The summed E-state index contributed by atoms with van der Waals surface area (Å²) >= 11 is 17.2. The highest BCUT2D eigenvalue weighted by molar-refractivity contribution is 8.00. The Kier molecular flexibility index (Phi) is 8.47. The SMILES string of the molecule is OCCSc1ccc(Sc2ccc(SCCO)c(Cl)c2)cc1Cl. The van der Waals surface area contributed by atoms with Crippen LogP contribution in [0, 0.1) is 0 Å². The van der Waals surface area contributed by atoms with E-state index in [-0.39, 0.29) is 13.2 Å². The molecule has 2 aromatic rings. The third-order valence-corrected chi connectivity index (χ3v) is 6.68. The molecule has 2 nitrogen and oxygen atoms in total. The van der Waals surface area contributed by atoms with Gasteiger partial charge in [-0.3, -0.25) is 0 Å². The van der Waals surface area contributed by atoms with Crippen molar-refractivity contribution in [3.8, 4) is 0 Å². The Morgan fingerprint density at radius 1 is 0.739 bits per heavy atom. The molecule has 0 aliphatic carbocycles. The maximum Gasteiger partial charge on any atom is 0.0553 e. The molecule has 0 aliphatic heterocycles. The Balaban J connectivity index is 2.07. The standard InChI is InChI=1S/C16H16Cl2O2S3/c17-13-9-11(1-3-15(13)21-7-5-19)23-12-2-4-16(14(18)10-12)22-8-6-20/h1-4,9-10,19-20H,5-8H2. The second-order valence-electron chi connectivity index (χ2n) is 4.43. The van der Waals surface area contributed by atoms with Crippen molar-refractivity contribution in [2.24, 2.45) is 0 Å². The maximum absolute atomic E-state index is 8.87. The number of thioether (sulfide) groups is 2. The van der Waals surface area contributed by atoms with E-state index in [1.165, 1.54) is 23.5 Å². The van der Waals surface area contributed by atoms with E-state index in [1.807, 2.05) is 36.4 Å². The molecular weight excluding hydrogens is 391 g/mol. The zero-order chi connectivity index (χ0) is 16.7. The number of halogens is 2. The summed E-state index contributed by atoms with van der Waals surface area (Å²) in [5, 5.41) is 19.1. The van der Waals surface area contributed by atoms with E-state index in [1.54, 1.807) is 11.8 Å². The van der Waals surface area contributed by atoms with Crippen molar-refractivity contribution in [1.82, 2.24) is 0 Å². The van der Waals surface area contributed by atoms with E-state index >= 15 is 0 Å². The van der Waals surface area contributed by atoms with Gasteiger partial charge in [0.05, 0.1) is 23.3 Å². The van der Waals surface area contributed by atoms with Crippen molar-refractivity contribution in [3.05, 3.63) is 46.4 Å². The molecule has 0 bridgehead atoms. The molecule has 0 spiro atoms. The first-order valence-corrected chi connectivity index (χ1v) is 10.4. The Hall–Kier alpha value is -0.0100. The molecule has 2 rings (SSSR count). The van der Waals surface area contributed by atoms with Gasteiger partial charge in [-0.25, -0.2) is 0 Å². The van der Waals surface area contributed by atoms with E-state index < -0.39 is 0 Å². The Morgan fingerprint density at radius 3 is 1.52 bits per heavy atom. The van der Waals surface area contributed by atoms with Gasteiger partial charge in [0.25, 0.3) is 0 Å². The summed E-state index contributed by atoms with van der Waals surface area (Å²) in [4.78, 5) is 4.02. The molecule has 2 N–H and O–H groups in total. The summed E-state index contributed by atoms with van der Waals surface area (Å²) in [6.45, 7) is 0.271. The maximum atomic E-state index is 8.87. The monoisotopic (exact) mass is 406 g/mol. The second kappa shape index (κ2) is 10.1. The fourth-order valence-electron chi connectivity index (χ4n) is 1.77. The molecule has 0 aromatic heterocycles.